The van der Waals surface area contributed by atoms with Crippen molar-refractivity contribution in [1.82, 2.24) is 0 Å². The standard InChI is InChI=1S/C22H20BrN3OS/c1-22(2)10-15-20(16(27)11-22)19(17-8-9-18(23)28-17)14(12-24)21(25)26(15)13-6-4-3-5-7-13/h3-9,19H,10-11,25H2,1-2H3/t19-/m1/s1. The molecule has 0 saturated heterocycles. The highest BCUT2D eigenvalue weighted by Gasteiger charge is 2.45. The molecule has 28 heavy (non-hydrogen) atoms. The van der Waals surface area contributed by atoms with Crippen LogP contribution >= 0.6 is 27.3 Å². The number of carbonyl (C=O) groups is 1. The lowest BCUT2D eigenvalue weighted by Gasteiger charge is -2.43. The molecule has 0 radical (unpaired) electrons. The average molecular weight is 454 g/mol. The van der Waals surface area contributed by atoms with E-state index in [-0.39, 0.29) is 11.2 Å². The number of nitrogens with zero attached hydrogens (tertiary/aromatic N) is 2. The summed E-state index contributed by atoms with van der Waals surface area (Å²) in [7, 11) is 0. The van der Waals surface area contributed by atoms with Crippen LogP contribution in [0.1, 0.15) is 37.5 Å². The fourth-order valence-corrected chi connectivity index (χ4v) is 5.69. The molecular formula is C22H20BrN3OS. The van der Waals surface area contributed by atoms with Crippen LogP contribution in [0.25, 0.3) is 0 Å². The SMILES string of the molecule is CC1(C)CC(=O)C2=C(C1)N(c1ccccc1)C(N)=C(C#N)[C@@H]2c1ccc(Br)s1. The first-order chi connectivity index (χ1) is 13.3. The molecule has 2 N–H and O–H groups in total. The van der Waals surface area contributed by atoms with E-state index in [1.165, 1.54) is 0 Å². The van der Waals surface area contributed by atoms with Gasteiger partial charge in [0.2, 0.25) is 0 Å². The van der Waals surface area contributed by atoms with Crippen molar-refractivity contribution in [2.75, 3.05) is 4.90 Å². The molecule has 1 aromatic carbocycles. The van der Waals surface area contributed by atoms with Gasteiger partial charge in [0.05, 0.1) is 21.3 Å². The Kier molecular flexibility index (Phi) is 4.68. The highest BCUT2D eigenvalue weighted by molar-refractivity contribution is 9.11. The summed E-state index contributed by atoms with van der Waals surface area (Å²) < 4.78 is 0.967. The van der Waals surface area contributed by atoms with E-state index in [9.17, 15) is 10.1 Å². The molecule has 0 unspecified atom stereocenters. The molecule has 142 valence electrons. The minimum atomic E-state index is -0.403. The summed E-state index contributed by atoms with van der Waals surface area (Å²) in [5.74, 6) is 0.106. The molecule has 1 atom stereocenters. The smallest absolute Gasteiger partial charge is 0.162 e. The molecule has 0 saturated carbocycles. The van der Waals surface area contributed by atoms with E-state index in [0.29, 0.717) is 23.4 Å². The van der Waals surface area contributed by atoms with Gasteiger partial charge in [-0.25, -0.2) is 0 Å². The second-order valence-corrected chi connectivity index (χ2v) is 10.5. The number of rotatable bonds is 2. The first kappa shape index (κ1) is 19.0. The van der Waals surface area contributed by atoms with Crippen molar-refractivity contribution in [2.24, 2.45) is 11.1 Å². The Morgan fingerprint density at radius 1 is 1.21 bits per heavy atom. The van der Waals surface area contributed by atoms with Gasteiger partial charge in [0.1, 0.15) is 5.82 Å². The zero-order valence-electron chi connectivity index (χ0n) is 15.7. The number of Topliss-reactive ketones (excluding diaryl/α,β-unsaturated/α-hetero) is 1. The minimum absolute atomic E-state index is 0.0990. The van der Waals surface area contributed by atoms with Gasteiger partial charge in [-0.05, 0) is 52.0 Å². The van der Waals surface area contributed by atoms with E-state index in [2.05, 4.69) is 35.8 Å². The van der Waals surface area contributed by atoms with Crippen molar-refractivity contribution in [3.8, 4) is 6.07 Å². The number of nitrogens with two attached hydrogens (primary N) is 1. The van der Waals surface area contributed by atoms with Crippen molar-refractivity contribution in [2.45, 2.75) is 32.6 Å². The number of para-hydroxylation sites is 1. The maximum absolute atomic E-state index is 13.3. The number of nitriles is 1. The summed E-state index contributed by atoms with van der Waals surface area (Å²) in [6.07, 6.45) is 1.20. The number of ketones is 1. The molecule has 6 heteroatoms. The lowest BCUT2D eigenvalue weighted by molar-refractivity contribution is -0.118. The van der Waals surface area contributed by atoms with Gasteiger partial charge >= 0.3 is 0 Å². The number of hydrogen-bond donors (Lipinski definition) is 1. The molecule has 4 rings (SSSR count). The number of benzene rings is 1. The molecule has 1 aliphatic carbocycles. The predicted molar refractivity (Wildman–Crippen MR) is 116 cm³/mol. The predicted octanol–water partition coefficient (Wildman–Crippen LogP) is 5.45. The first-order valence-electron chi connectivity index (χ1n) is 9.09. The van der Waals surface area contributed by atoms with Crippen LogP contribution in [0.2, 0.25) is 0 Å². The third-order valence-electron chi connectivity index (χ3n) is 5.27. The van der Waals surface area contributed by atoms with Crippen LogP contribution in [0.15, 0.2) is 68.9 Å². The van der Waals surface area contributed by atoms with Gasteiger partial charge in [-0.1, -0.05) is 32.0 Å². The highest BCUT2D eigenvalue weighted by atomic mass is 79.9. The minimum Gasteiger partial charge on any atom is -0.384 e. The Morgan fingerprint density at radius 3 is 2.54 bits per heavy atom. The summed E-state index contributed by atoms with van der Waals surface area (Å²) in [5.41, 5.74) is 9.35. The van der Waals surface area contributed by atoms with E-state index in [1.54, 1.807) is 11.3 Å². The Labute approximate surface area is 177 Å². The molecule has 0 fully saturated rings. The topological polar surface area (TPSA) is 70.1 Å². The molecular weight excluding hydrogens is 434 g/mol. The van der Waals surface area contributed by atoms with E-state index < -0.39 is 5.92 Å². The molecule has 0 amide bonds. The Balaban J connectivity index is 2.00. The molecule has 2 heterocycles. The van der Waals surface area contributed by atoms with Gasteiger partial charge in [0.25, 0.3) is 0 Å². The van der Waals surface area contributed by atoms with Crippen molar-refractivity contribution in [3.63, 3.8) is 0 Å². The first-order valence-corrected chi connectivity index (χ1v) is 10.7. The number of allylic oxidation sites excluding steroid dienone is 3. The summed E-state index contributed by atoms with van der Waals surface area (Å²) in [6, 6.07) is 16.0. The third kappa shape index (κ3) is 3.09. The molecule has 0 bridgehead atoms. The number of thiophene rings is 1. The van der Waals surface area contributed by atoms with Gasteiger partial charge < -0.3 is 5.73 Å². The van der Waals surface area contributed by atoms with Crippen LogP contribution in [0.5, 0.6) is 0 Å². The zero-order chi connectivity index (χ0) is 20.1. The van der Waals surface area contributed by atoms with Crippen LogP contribution in [-0.2, 0) is 4.79 Å². The number of halogens is 1. The largest absolute Gasteiger partial charge is 0.384 e. The zero-order valence-corrected chi connectivity index (χ0v) is 18.1. The highest BCUT2D eigenvalue weighted by Crippen LogP contribution is 2.51. The quantitative estimate of drug-likeness (QED) is 0.655. The average Bonchev–Trinajstić information content (AvgIpc) is 3.06. The van der Waals surface area contributed by atoms with E-state index in [4.69, 9.17) is 5.73 Å². The summed E-state index contributed by atoms with van der Waals surface area (Å²) in [5, 5.41) is 9.99. The lowest BCUT2D eigenvalue weighted by atomic mass is 9.69. The van der Waals surface area contributed by atoms with Gasteiger partial charge in [0.15, 0.2) is 5.78 Å². The van der Waals surface area contributed by atoms with Crippen LogP contribution in [0.3, 0.4) is 0 Å². The number of hydrogen-bond acceptors (Lipinski definition) is 5. The van der Waals surface area contributed by atoms with Crippen LogP contribution in [-0.4, -0.2) is 5.78 Å². The second kappa shape index (κ2) is 6.91. The van der Waals surface area contributed by atoms with Crippen LogP contribution in [0.4, 0.5) is 5.69 Å². The van der Waals surface area contributed by atoms with Crippen LogP contribution in [0, 0.1) is 16.7 Å². The van der Waals surface area contributed by atoms with Gasteiger partial charge in [0, 0.05) is 28.3 Å². The summed E-state index contributed by atoms with van der Waals surface area (Å²) in [6.45, 7) is 4.21. The van der Waals surface area contributed by atoms with Crippen molar-refractivity contribution >= 4 is 38.7 Å². The van der Waals surface area contributed by atoms with Gasteiger partial charge in [-0.15, -0.1) is 11.3 Å². The van der Waals surface area contributed by atoms with E-state index in [1.807, 2.05) is 47.4 Å². The van der Waals surface area contributed by atoms with Crippen molar-refractivity contribution < 1.29 is 4.79 Å². The third-order valence-corrected chi connectivity index (χ3v) is 6.96. The fraction of sp³-hybridized carbons (Fsp3) is 0.273. The number of carbonyl (C=O) groups excluding carboxylic acids is 1. The molecule has 0 spiro atoms. The normalized spacial score (nSPS) is 21.6. The Bertz CT molecular complexity index is 1060. The Morgan fingerprint density at radius 2 is 1.93 bits per heavy atom. The molecule has 1 aliphatic heterocycles. The second-order valence-electron chi connectivity index (χ2n) is 7.96. The van der Waals surface area contributed by atoms with Crippen molar-refractivity contribution in [1.29, 1.82) is 5.26 Å². The number of anilines is 1. The van der Waals surface area contributed by atoms with E-state index >= 15 is 0 Å². The maximum atomic E-state index is 13.3. The maximum Gasteiger partial charge on any atom is 0.162 e. The van der Waals surface area contributed by atoms with Crippen molar-refractivity contribution in [3.05, 3.63) is 73.8 Å². The van der Waals surface area contributed by atoms with Gasteiger partial charge in [-0.2, -0.15) is 5.26 Å². The monoisotopic (exact) mass is 453 g/mol. The summed E-state index contributed by atoms with van der Waals surface area (Å²) >= 11 is 5.04. The lowest BCUT2D eigenvalue weighted by Crippen LogP contribution is -2.42. The van der Waals surface area contributed by atoms with Crippen LogP contribution < -0.4 is 10.6 Å². The summed E-state index contributed by atoms with van der Waals surface area (Å²) in [4.78, 5) is 16.2. The van der Waals surface area contributed by atoms with Gasteiger partial charge in [-0.3, -0.25) is 9.69 Å². The molecule has 2 aromatic rings. The molecule has 2 aliphatic rings. The molecule has 4 nitrogen and oxygen atoms in total. The Hall–Kier alpha value is -2.36. The fourth-order valence-electron chi connectivity index (χ4n) is 4.15. The van der Waals surface area contributed by atoms with E-state index in [0.717, 1.165) is 26.5 Å². The molecule has 1 aromatic heterocycles.